The molecule has 2 unspecified atom stereocenters. The van der Waals surface area contributed by atoms with Crippen LogP contribution >= 0.6 is 0 Å². The van der Waals surface area contributed by atoms with Crippen molar-refractivity contribution in [2.24, 2.45) is 0 Å². The number of unbranched alkanes of at least 4 members (excludes halogenated alkanes) is 6. The minimum Gasteiger partial charge on any atom is -0.481 e. The molecule has 2 atom stereocenters. The first-order valence-electron chi connectivity index (χ1n) is 8.44. The van der Waals surface area contributed by atoms with Crippen molar-refractivity contribution >= 4 is 5.97 Å². The molecule has 1 saturated heterocycles. The molecule has 1 rings (SSSR count). The SMILES string of the molecule is CCCCC1OC1C=CC=CCCCCCCCC(=O)O. The van der Waals surface area contributed by atoms with E-state index in [1.54, 1.807) is 0 Å². The van der Waals surface area contributed by atoms with Crippen LogP contribution in [0.15, 0.2) is 24.3 Å². The van der Waals surface area contributed by atoms with Crippen molar-refractivity contribution < 1.29 is 14.6 Å². The largest absolute Gasteiger partial charge is 0.481 e. The Kier molecular flexibility index (Phi) is 9.88. The zero-order valence-electron chi connectivity index (χ0n) is 13.3. The number of ether oxygens (including phenoxy) is 1. The fourth-order valence-electron chi connectivity index (χ4n) is 2.38. The fraction of sp³-hybridized carbons (Fsp3) is 0.722. The molecule has 0 bridgehead atoms. The molecular formula is C18H30O3. The summed E-state index contributed by atoms with van der Waals surface area (Å²) < 4.78 is 5.56. The minimum atomic E-state index is -0.679. The third-order valence-electron chi connectivity index (χ3n) is 3.77. The standard InChI is InChI=1S/C18H30O3/c1-2-3-13-16-17(21-16)14-11-9-7-5-4-6-8-10-12-15-18(19)20/h7,9,11,14,16-17H,2-6,8,10,12-13,15H2,1H3,(H,19,20). The van der Waals surface area contributed by atoms with Crippen LogP contribution < -0.4 is 0 Å². The molecule has 0 aromatic rings. The highest BCUT2D eigenvalue weighted by molar-refractivity contribution is 5.66. The van der Waals surface area contributed by atoms with Crippen molar-refractivity contribution in [1.82, 2.24) is 0 Å². The van der Waals surface area contributed by atoms with Crippen LogP contribution in [0.5, 0.6) is 0 Å². The Hall–Kier alpha value is -1.09. The van der Waals surface area contributed by atoms with E-state index in [0.29, 0.717) is 18.6 Å². The number of allylic oxidation sites excluding steroid dienone is 3. The van der Waals surface area contributed by atoms with Gasteiger partial charge in [0.15, 0.2) is 0 Å². The third-order valence-corrected chi connectivity index (χ3v) is 3.77. The Bertz CT molecular complexity index is 333. The van der Waals surface area contributed by atoms with Gasteiger partial charge in [-0.1, -0.05) is 63.3 Å². The summed E-state index contributed by atoms with van der Waals surface area (Å²) in [5.74, 6) is -0.679. The van der Waals surface area contributed by atoms with Gasteiger partial charge in [0.25, 0.3) is 0 Å². The van der Waals surface area contributed by atoms with Crippen LogP contribution in [0.2, 0.25) is 0 Å². The van der Waals surface area contributed by atoms with Gasteiger partial charge in [0.05, 0.1) is 6.10 Å². The summed E-state index contributed by atoms with van der Waals surface area (Å²) in [7, 11) is 0. The molecule has 1 fully saturated rings. The summed E-state index contributed by atoms with van der Waals surface area (Å²) in [6.45, 7) is 2.21. The molecule has 120 valence electrons. The first-order valence-corrected chi connectivity index (χ1v) is 8.44. The highest BCUT2D eigenvalue weighted by atomic mass is 16.6. The second-order valence-corrected chi connectivity index (χ2v) is 5.79. The van der Waals surface area contributed by atoms with Gasteiger partial charge < -0.3 is 9.84 Å². The van der Waals surface area contributed by atoms with E-state index in [-0.39, 0.29) is 0 Å². The van der Waals surface area contributed by atoms with E-state index in [0.717, 1.165) is 25.7 Å². The van der Waals surface area contributed by atoms with E-state index in [2.05, 4.69) is 31.2 Å². The second kappa shape index (κ2) is 11.6. The Morgan fingerprint density at radius 2 is 1.86 bits per heavy atom. The number of carboxylic acid groups (broad SMARTS) is 1. The lowest BCUT2D eigenvalue weighted by atomic mass is 10.1. The predicted molar refractivity (Wildman–Crippen MR) is 86.4 cm³/mol. The number of aliphatic carboxylic acids is 1. The van der Waals surface area contributed by atoms with Crippen molar-refractivity contribution in [3.63, 3.8) is 0 Å². The van der Waals surface area contributed by atoms with Gasteiger partial charge in [-0.15, -0.1) is 0 Å². The zero-order valence-corrected chi connectivity index (χ0v) is 13.3. The van der Waals surface area contributed by atoms with Gasteiger partial charge in [-0.3, -0.25) is 4.79 Å². The molecule has 1 aliphatic rings. The van der Waals surface area contributed by atoms with Crippen molar-refractivity contribution in [3.8, 4) is 0 Å². The summed E-state index contributed by atoms with van der Waals surface area (Å²) in [4.78, 5) is 10.3. The predicted octanol–water partition coefficient (Wildman–Crippen LogP) is 4.87. The number of epoxide rings is 1. The smallest absolute Gasteiger partial charge is 0.303 e. The molecule has 1 N–H and O–H groups in total. The number of rotatable bonds is 13. The lowest BCUT2D eigenvalue weighted by Crippen LogP contribution is -1.93. The van der Waals surface area contributed by atoms with Gasteiger partial charge in [0.2, 0.25) is 0 Å². The topological polar surface area (TPSA) is 49.8 Å². The second-order valence-electron chi connectivity index (χ2n) is 5.79. The van der Waals surface area contributed by atoms with E-state index in [1.165, 1.54) is 32.1 Å². The molecule has 3 heteroatoms. The number of carbonyl (C=O) groups is 1. The van der Waals surface area contributed by atoms with Gasteiger partial charge in [0, 0.05) is 6.42 Å². The normalized spacial score (nSPS) is 21.4. The van der Waals surface area contributed by atoms with Gasteiger partial charge in [0.1, 0.15) is 6.10 Å². The Balaban J connectivity index is 1.86. The van der Waals surface area contributed by atoms with Crippen molar-refractivity contribution in [2.75, 3.05) is 0 Å². The molecule has 0 saturated carbocycles. The molecule has 3 nitrogen and oxygen atoms in total. The van der Waals surface area contributed by atoms with Crippen molar-refractivity contribution in [3.05, 3.63) is 24.3 Å². The summed E-state index contributed by atoms with van der Waals surface area (Å²) in [5.41, 5.74) is 0. The quantitative estimate of drug-likeness (QED) is 0.299. The first kappa shape index (κ1) is 18.0. The highest BCUT2D eigenvalue weighted by Gasteiger charge is 2.34. The van der Waals surface area contributed by atoms with E-state index in [1.807, 2.05) is 0 Å². The molecule has 0 amide bonds. The maximum atomic E-state index is 10.3. The van der Waals surface area contributed by atoms with Crippen molar-refractivity contribution in [2.45, 2.75) is 83.3 Å². The average Bonchev–Trinajstić information content (AvgIpc) is 3.20. The zero-order chi connectivity index (χ0) is 15.3. The lowest BCUT2D eigenvalue weighted by molar-refractivity contribution is -0.137. The van der Waals surface area contributed by atoms with Gasteiger partial charge in [-0.05, 0) is 25.7 Å². The Morgan fingerprint density at radius 1 is 1.10 bits per heavy atom. The van der Waals surface area contributed by atoms with Crippen LogP contribution in [0.4, 0.5) is 0 Å². The highest BCUT2D eigenvalue weighted by Crippen LogP contribution is 2.28. The van der Waals surface area contributed by atoms with Gasteiger partial charge in [-0.25, -0.2) is 0 Å². The first-order chi connectivity index (χ1) is 10.2. The molecule has 0 radical (unpaired) electrons. The lowest BCUT2D eigenvalue weighted by Gasteiger charge is -1.97. The molecule has 0 spiro atoms. The van der Waals surface area contributed by atoms with E-state index < -0.39 is 5.97 Å². The average molecular weight is 294 g/mol. The fourth-order valence-corrected chi connectivity index (χ4v) is 2.38. The van der Waals surface area contributed by atoms with E-state index in [4.69, 9.17) is 9.84 Å². The number of carboxylic acids is 1. The maximum absolute atomic E-state index is 10.3. The van der Waals surface area contributed by atoms with Crippen LogP contribution in [0.3, 0.4) is 0 Å². The minimum absolute atomic E-state index is 0.313. The van der Waals surface area contributed by atoms with E-state index in [9.17, 15) is 4.79 Å². The van der Waals surface area contributed by atoms with Gasteiger partial charge in [-0.2, -0.15) is 0 Å². The Morgan fingerprint density at radius 3 is 2.62 bits per heavy atom. The summed E-state index contributed by atoms with van der Waals surface area (Å²) in [6, 6.07) is 0. The summed E-state index contributed by atoms with van der Waals surface area (Å²) in [6.07, 6.45) is 19.9. The summed E-state index contributed by atoms with van der Waals surface area (Å²) >= 11 is 0. The van der Waals surface area contributed by atoms with Crippen molar-refractivity contribution in [1.29, 1.82) is 0 Å². The molecule has 0 aromatic carbocycles. The third kappa shape index (κ3) is 10.3. The summed E-state index contributed by atoms with van der Waals surface area (Å²) in [5, 5.41) is 8.51. The van der Waals surface area contributed by atoms with Crippen LogP contribution in [-0.2, 0) is 9.53 Å². The van der Waals surface area contributed by atoms with Crippen LogP contribution in [0.25, 0.3) is 0 Å². The van der Waals surface area contributed by atoms with Crippen LogP contribution in [-0.4, -0.2) is 23.3 Å². The van der Waals surface area contributed by atoms with Gasteiger partial charge >= 0.3 is 5.97 Å². The Labute approximate surface area is 129 Å². The molecule has 1 heterocycles. The van der Waals surface area contributed by atoms with E-state index >= 15 is 0 Å². The molecule has 21 heavy (non-hydrogen) atoms. The maximum Gasteiger partial charge on any atom is 0.303 e. The molecule has 0 aliphatic carbocycles. The van der Waals surface area contributed by atoms with Crippen LogP contribution in [0, 0.1) is 0 Å². The number of hydrogen-bond acceptors (Lipinski definition) is 2. The number of hydrogen-bond donors (Lipinski definition) is 1. The molecule has 1 aliphatic heterocycles. The molecular weight excluding hydrogens is 264 g/mol. The monoisotopic (exact) mass is 294 g/mol. The van der Waals surface area contributed by atoms with Crippen LogP contribution in [0.1, 0.15) is 71.1 Å². The molecule has 0 aromatic heterocycles.